The minimum absolute atomic E-state index is 0.324. The Labute approximate surface area is 149 Å². The zero-order chi connectivity index (χ0) is 17.6. The molecule has 1 fully saturated rings. The van der Waals surface area contributed by atoms with Crippen LogP contribution in [0.2, 0.25) is 5.02 Å². The maximum atomic E-state index is 12.9. The first-order chi connectivity index (χ1) is 12.0. The third-order valence-corrected chi connectivity index (χ3v) is 4.59. The summed E-state index contributed by atoms with van der Waals surface area (Å²) in [7, 11) is 0. The summed E-state index contributed by atoms with van der Waals surface area (Å²) in [6.45, 7) is 2.43. The van der Waals surface area contributed by atoms with Gasteiger partial charge in [0.15, 0.2) is 12.1 Å². The number of carbonyl (C=O) groups is 2. The van der Waals surface area contributed by atoms with E-state index in [0.717, 1.165) is 16.0 Å². The van der Waals surface area contributed by atoms with E-state index in [1.54, 1.807) is 29.3 Å². The molecule has 126 valence electrons. The van der Waals surface area contributed by atoms with E-state index in [4.69, 9.17) is 11.6 Å². The van der Waals surface area contributed by atoms with Gasteiger partial charge in [0.2, 0.25) is 0 Å². The fraction of sp³-hybridized carbons (Fsp3) is 0.222. The van der Waals surface area contributed by atoms with Crippen molar-refractivity contribution in [1.29, 1.82) is 0 Å². The number of benzene rings is 2. The van der Waals surface area contributed by atoms with Crippen LogP contribution in [0.3, 0.4) is 0 Å². The molecule has 0 saturated carbocycles. The van der Waals surface area contributed by atoms with Gasteiger partial charge in [-0.2, -0.15) is 5.11 Å². The Bertz CT molecular complexity index is 898. The molecule has 7 heteroatoms. The van der Waals surface area contributed by atoms with Gasteiger partial charge in [-0.15, -0.1) is 0 Å². The number of hydrogen-bond acceptors (Lipinski definition) is 5. The van der Waals surface area contributed by atoms with Crippen LogP contribution >= 0.6 is 11.6 Å². The van der Waals surface area contributed by atoms with Gasteiger partial charge in [0.1, 0.15) is 0 Å². The number of carbonyl (C=O) groups excluding carboxylic acids is 2. The number of imide groups is 1. The summed E-state index contributed by atoms with van der Waals surface area (Å²) in [6.07, 6.45) is 0. The molecule has 0 unspecified atom stereocenters. The van der Waals surface area contributed by atoms with E-state index in [1.807, 2.05) is 31.2 Å². The lowest BCUT2D eigenvalue weighted by atomic mass is 10.1. The Morgan fingerprint density at radius 2 is 1.88 bits per heavy atom. The summed E-state index contributed by atoms with van der Waals surface area (Å²) in [6, 6.07) is 13.1. The van der Waals surface area contributed by atoms with Crippen molar-refractivity contribution in [2.75, 3.05) is 4.90 Å². The number of rotatable bonds is 3. The predicted molar refractivity (Wildman–Crippen MR) is 93.1 cm³/mol. The second-order valence-corrected chi connectivity index (χ2v) is 6.61. The van der Waals surface area contributed by atoms with Crippen LogP contribution < -0.4 is 4.90 Å². The quantitative estimate of drug-likeness (QED) is 0.795. The largest absolute Gasteiger partial charge is 0.271 e. The lowest BCUT2D eigenvalue weighted by Crippen LogP contribution is -2.39. The van der Waals surface area contributed by atoms with Gasteiger partial charge in [-0.1, -0.05) is 52.7 Å². The number of aryl methyl sites for hydroxylation is 1. The molecule has 2 aliphatic rings. The second-order valence-electron chi connectivity index (χ2n) is 6.17. The Hall–Kier alpha value is -2.73. The molecule has 6 nitrogen and oxygen atoms in total. The molecule has 0 aliphatic carbocycles. The molecule has 25 heavy (non-hydrogen) atoms. The van der Waals surface area contributed by atoms with E-state index < -0.39 is 12.1 Å². The SMILES string of the molecule is Cc1cccc(CN2N=N[C@H]3C(=O)N(c4cccc(Cl)c4)C(=O)[C@@H]32)c1. The molecule has 2 aromatic carbocycles. The van der Waals surface area contributed by atoms with Gasteiger partial charge in [0.25, 0.3) is 11.8 Å². The number of hydrogen-bond donors (Lipinski definition) is 0. The average Bonchev–Trinajstić information content (AvgIpc) is 3.08. The van der Waals surface area contributed by atoms with E-state index in [1.165, 1.54) is 0 Å². The molecule has 2 amide bonds. The van der Waals surface area contributed by atoms with Gasteiger partial charge in [-0.05, 0) is 30.7 Å². The molecule has 0 aromatic heterocycles. The highest BCUT2D eigenvalue weighted by atomic mass is 35.5. The summed E-state index contributed by atoms with van der Waals surface area (Å²) in [4.78, 5) is 26.7. The van der Waals surface area contributed by atoms with Crippen LogP contribution in [0, 0.1) is 6.92 Å². The summed E-state index contributed by atoms with van der Waals surface area (Å²) < 4.78 is 0. The van der Waals surface area contributed by atoms with Crippen molar-refractivity contribution in [3.05, 3.63) is 64.7 Å². The average molecular weight is 355 g/mol. The number of anilines is 1. The highest BCUT2D eigenvalue weighted by Gasteiger charge is 2.54. The second kappa shape index (κ2) is 5.97. The molecular weight excluding hydrogens is 340 g/mol. The Kier molecular flexibility index (Phi) is 3.77. The monoisotopic (exact) mass is 354 g/mol. The first-order valence-corrected chi connectivity index (χ1v) is 8.29. The van der Waals surface area contributed by atoms with Gasteiger partial charge >= 0.3 is 0 Å². The zero-order valence-corrected chi connectivity index (χ0v) is 14.2. The van der Waals surface area contributed by atoms with E-state index in [2.05, 4.69) is 10.3 Å². The molecule has 2 aromatic rings. The van der Waals surface area contributed by atoms with Gasteiger partial charge in [-0.3, -0.25) is 14.6 Å². The summed E-state index contributed by atoms with van der Waals surface area (Å²) in [5.74, 6) is -0.692. The topological polar surface area (TPSA) is 65.3 Å². The van der Waals surface area contributed by atoms with Crippen molar-refractivity contribution in [2.45, 2.75) is 25.6 Å². The Balaban J connectivity index is 1.61. The molecule has 0 spiro atoms. The van der Waals surface area contributed by atoms with Gasteiger partial charge in [0, 0.05) is 5.02 Å². The van der Waals surface area contributed by atoms with E-state index in [9.17, 15) is 9.59 Å². The third-order valence-electron chi connectivity index (χ3n) is 4.35. The maximum Gasteiger partial charge on any atom is 0.263 e. The first-order valence-electron chi connectivity index (χ1n) is 7.91. The number of nitrogens with zero attached hydrogens (tertiary/aromatic N) is 4. The summed E-state index contributed by atoms with van der Waals surface area (Å²) in [5, 5.41) is 10.1. The van der Waals surface area contributed by atoms with Gasteiger partial charge < -0.3 is 0 Å². The molecule has 2 heterocycles. The minimum atomic E-state index is -0.795. The standard InChI is InChI=1S/C18H15ClN4O2/c1-11-4-2-5-12(8-11)10-22-16-15(20-21-22)17(24)23(18(16)25)14-7-3-6-13(19)9-14/h2-9,15-16H,10H2,1H3/t15-,16-/m1/s1. The van der Waals surface area contributed by atoms with Crippen LogP contribution in [0.5, 0.6) is 0 Å². The maximum absolute atomic E-state index is 12.9. The van der Waals surface area contributed by atoms with Gasteiger partial charge in [-0.25, -0.2) is 4.90 Å². The number of fused-ring (bicyclic) bond motifs is 1. The van der Waals surface area contributed by atoms with Crippen molar-refractivity contribution in [3.8, 4) is 0 Å². The van der Waals surface area contributed by atoms with Crippen molar-refractivity contribution in [2.24, 2.45) is 10.3 Å². The predicted octanol–water partition coefficient (Wildman–Crippen LogP) is 3.14. The minimum Gasteiger partial charge on any atom is -0.271 e. The van der Waals surface area contributed by atoms with Crippen LogP contribution in [-0.4, -0.2) is 28.9 Å². The van der Waals surface area contributed by atoms with Crippen LogP contribution in [0.15, 0.2) is 58.9 Å². The molecule has 2 atom stereocenters. The van der Waals surface area contributed by atoms with Crippen molar-refractivity contribution in [1.82, 2.24) is 5.01 Å². The van der Waals surface area contributed by atoms with Crippen molar-refractivity contribution >= 4 is 29.1 Å². The highest BCUT2D eigenvalue weighted by molar-refractivity contribution is 6.31. The fourth-order valence-corrected chi connectivity index (χ4v) is 3.41. The normalized spacial score (nSPS) is 22.0. The Morgan fingerprint density at radius 1 is 1.08 bits per heavy atom. The molecule has 0 radical (unpaired) electrons. The van der Waals surface area contributed by atoms with Gasteiger partial charge in [0.05, 0.1) is 12.2 Å². The van der Waals surface area contributed by atoms with Crippen LogP contribution in [0.25, 0.3) is 0 Å². The van der Waals surface area contributed by atoms with Crippen LogP contribution in [0.1, 0.15) is 11.1 Å². The van der Waals surface area contributed by atoms with E-state index >= 15 is 0 Å². The van der Waals surface area contributed by atoms with Crippen LogP contribution in [-0.2, 0) is 16.1 Å². The summed E-state index contributed by atoms with van der Waals surface area (Å²) in [5.41, 5.74) is 2.60. The molecule has 0 N–H and O–H groups in total. The highest BCUT2D eigenvalue weighted by Crippen LogP contribution is 2.33. The lowest BCUT2D eigenvalue weighted by Gasteiger charge is -2.20. The smallest absolute Gasteiger partial charge is 0.263 e. The van der Waals surface area contributed by atoms with Crippen LogP contribution in [0.4, 0.5) is 5.69 Å². The molecule has 0 bridgehead atoms. The van der Waals surface area contributed by atoms with E-state index in [-0.39, 0.29) is 11.8 Å². The number of halogens is 1. The molecule has 2 aliphatic heterocycles. The fourth-order valence-electron chi connectivity index (χ4n) is 3.22. The molecule has 4 rings (SSSR count). The lowest BCUT2D eigenvalue weighted by molar-refractivity contribution is -0.123. The first kappa shape index (κ1) is 15.8. The third kappa shape index (κ3) is 2.68. The molecule has 1 saturated heterocycles. The van der Waals surface area contributed by atoms with Crippen molar-refractivity contribution in [3.63, 3.8) is 0 Å². The zero-order valence-electron chi connectivity index (χ0n) is 13.5. The Morgan fingerprint density at radius 3 is 2.64 bits per heavy atom. The van der Waals surface area contributed by atoms with Crippen molar-refractivity contribution < 1.29 is 9.59 Å². The summed E-state index contributed by atoms with van der Waals surface area (Å²) >= 11 is 5.99. The van der Waals surface area contributed by atoms with E-state index in [0.29, 0.717) is 17.3 Å². The molecular formula is C18H15ClN4O2. The number of amides is 2.